The molecule has 3 nitrogen and oxygen atoms in total. The van der Waals surface area contributed by atoms with E-state index < -0.39 is 0 Å². The topological polar surface area (TPSA) is 44.5 Å². The van der Waals surface area contributed by atoms with E-state index >= 15 is 0 Å². The first-order valence-electron chi connectivity index (χ1n) is 6.78. The van der Waals surface area contributed by atoms with E-state index in [-0.39, 0.29) is 0 Å². The van der Waals surface area contributed by atoms with Gasteiger partial charge in [-0.2, -0.15) is 0 Å². The molecule has 2 aromatic rings. The van der Waals surface area contributed by atoms with E-state index in [1.807, 2.05) is 30.3 Å². The Morgan fingerprint density at radius 2 is 1.95 bits per heavy atom. The minimum absolute atomic E-state index is 0.526. The van der Waals surface area contributed by atoms with Crippen LogP contribution in [0.1, 0.15) is 16.7 Å². The summed E-state index contributed by atoms with van der Waals surface area (Å²) in [6, 6.07) is 14.1. The van der Waals surface area contributed by atoms with Crippen LogP contribution < -0.4 is 15.2 Å². The monoisotopic (exact) mass is 271 g/mol. The molecule has 0 aliphatic rings. The van der Waals surface area contributed by atoms with Crippen molar-refractivity contribution in [1.29, 1.82) is 0 Å². The van der Waals surface area contributed by atoms with Crippen LogP contribution in [-0.4, -0.2) is 13.7 Å². The van der Waals surface area contributed by atoms with Crippen LogP contribution in [0.3, 0.4) is 0 Å². The fraction of sp³-hybridized carbons (Fsp3) is 0.294. The molecule has 0 aromatic heterocycles. The van der Waals surface area contributed by atoms with Crippen molar-refractivity contribution in [1.82, 2.24) is 0 Å². The molecule has 0 saturated heterocycles. The second-order valence-corrected chi connectivity index (χ2v) is 4.79. The Morgan fingerprint density at radius 3 is 2.70 bits per heavy atom. The van der Waals surface area contributed by atoms with Gasteiger partial charge in [-0.1, -0.05) is 29.8 Å². The van der Waals surface area contributed by atoms with E-state index in [1.54, 1.807) is 7.11 Å². The molecule has 0 radical (unpaired) electrons. The Hall–Kier alpha value is -2.00. The summed E-state index contributed by atoms with van der Waals surface area (Å²) in [6.45, 7) is 3.22. The average Bonchev–Trinajstić information content (AvgIpc) is 2.47. The second-order valence-electron chi connectivity index (χ2n) is 4.79. The maximum atomic E-state index is 5.92. The van der Waals surface area contributed by atoms with Crippen molar-refractivity contribution in [2.75, 3.05) is 13.7 Å². The molecule has 0 fully saturated rings. The molecule has 2 aromatic carbocycles. The lowest BCUT2D eigenvalue weighted by Crippen LogP contribution is -2.06. The molecule has 0 unspecified atom stereocenters. The summed E-state index contributed by atoms with van der Waals surface area (Å²) in [5.74, 6) is 1.75. The first-order valence-corrected chi connectivity index (χ1v) is 6.78. The number of hydrogen-bond donors (Lipinski definition) is 1. The van der Waals surface area contributed by atoms with Gasteiger partial charge in [0.1, 0.15) is 18.1 Å². The van der Waals surface area contributed by atoms with E-state index in [1.165, 1.54) is 5.56 Å². The average molecular weight is 271 g/mol. The molecule has 0 aliphatic heterocycles. The maximum Gasteiger partial charge on any atom is 0.123 e. The van der Waals surface area contributed by atoms with Crippen LogP contribution in [-0.2, 0) is 13.0 Å². The predicted molar refractivity (Wildman–Crippen MR) is 81.3 cm³/mol. The third kappa shape index (κ3) is 3.75. The van der Waals surface area contributed by atoms with Gasteiger partial charge in [0, 0.05) is 0 Å². The summed E-state index contributed by atoms with van der Waals surface area (Å²) in [7, 11) is 1.67. The number of aryl methyl sites for hydroxylation is 1. The Bertz CT molecular complexity index is 567. The van der Waals surface area contributed by atoms with Crippen LogP contribution in [0.25, 0.3) is 0 Å². The Morgan fingerprint density at radius 1 is 1.10 bits per heavy atom. The van der Waals surface area contributed by atoms with Crippen LogP contribution in [0, 0.1) is 6.92 Å². The number of ether oxygens (including phenoxy) is 2. The van der Waals surface area contributed by atoms with E-state index in [4.69, 9.17) is 15.2 Å². The number of benzene rings is 2. The van der Waals surface area contributed by atoms with Crippen molar-refractivity contribution < 1.29 is 9.47 Å². The van der Waals surface area contributed by atoms with Crippen molar-refractivity contribution in [3.8, 4) is 11.5 Å². The van der Waals surface area contributed by atoms with E-state index in [2.05, 4.69) is 19.1 Å². The van der Waals surface area contributed by atoms with E-state index in [0.29, 0.717) is 13.2 Å². The summed E-state index contributed by atoms with van der Waals surface area (Å²) in [5.41, 5.74) is 9.13. The summed E-state index contributed by atoms with van der Waals surface area (Å²) < 4.78 is 11.1. The third-order valence-corrected chi connectivity index (χ3v) is 3.16. The maximum absolute atomic E-state index is 5.92. The molecule has 106 valence electrons. The first-order chi connectivity index (χ1) is 9.72. The highest BCUT2D eigenvalue weighted by Crippen LogP contribution is 2.22. The Kier molecular flexibility index (Phi) is 5.02. The molecule has 2 N–H and O–H groups in total. The molecule has 0 amide bonds. The number of hydrogen-bond acceptors (Lipinski definition) is 3. The highest BCUT2D eigenvalue weighted by molar-refractivity contribution is 5.37. The van der Waals surface area contributed by atoms with Gasteiger partial charge in [-0.3, -0.25) is 0 Å². The fourth-order valence-corrected chi connectivity index (χ4v) is 2.12. The third-order valence-electron chi connectivity index (χ3n) is 3.16. The molecule has 20 heavy (non-hydrogen) atoms. The summed E-state index contributed by atoms with van der Waals surface area (Å²) in [5, 5.41) is 0. The minimum Gasteiger partial charge on any atom is -0.497 e. The van der Waals surface area contributed by atoms with Crippen LogP contribution in [0.5, 0.6) is 11.5 Å². The van der Waals surface area contributed by atoms with Gasteiger partial charge in [0.05, 0.1) is 7.11 Å². The zero-order chi connectivity index (χ0) is 14.4. The highest BCUT2D eigenvalue weighted by Gasteiger charge is 2.04. The van der Waals surface area contributed by atoms with Crippen LogP contribution in [0.2, 0.25) is 0 Å². The molecule has 0 spiro atoms. The molecule has 0 aliphatic carbocycles. The Labute approximate surface area is 120 Å². The molecule has 2 rings (SSSR count). The molecular formula is C17H21NO2. The lowest BCUT2D eigenvalue weighted by atomic mass is 10.1. The zero-order valence-corrected chi connectivity index (χ0v) is 12.1. The summed E-state index contributed by atoms with van der Waals surface area (Å²) >= 11 is 0. The summed E-state index contributed by atoms with van der Waals surface area (Å²) in [6.07, 6.45) is 0.828. The van der Waals surface area contributed by atoms with Gasteiger partial charge in [-0.05, 0) is 49.2 Å². The lowest BCUT2D eigenvalue weighted by Gasteiger charge is -2.12. The quantitative estimate of drug-likeness (QED) is 0.878. The number of nitrogens with two attached hydrogens (primary N) is 1. The summed E-state index contributed by atoms with van der Waals surface area (Å²) in [4.78, 5) is 0. The first kappa shape index (κ1) is 14.4. The number of methoxy groups -OCH3 is 1. The largest absolute Gasteiger partial charge is 0.497 e. The highest BCUT2D eigenvalue weighted by atomic mass is 16.5. The predicted octanol–water partition coefficient (Wildman–Crippen LogP) is 3.08. The minimum atomic E-state index is 0.526. The standard InChI is InChI=1S/C17H21NO2/c1-13-6-7-17(15(10-13)8-9-18)20-12-14-4-3-5-16(11-14)19-2/h3-7,10-11H,8-9,12,18H2,1-2H3. The molecule has 0 heterocycles. The smallest absolute Gasteiger partial charge is 0.123 e. The van der Waals surface area contributed by atoms with Crippen molar-refractivity contribution in [2.45, 2.75) is 20.0 Å². The van der Waals surface area contributed by atoms with Crippen molar-refractivity contribution >= 4 is 0 Å². The van der Waals surface area contributed by atoms with Gasteiger partial charge in [-0.15, -0.1) is 0 Å². The van der Waals surface area contributed by atoms with Gasteiger partial charge >= 0.3 is 0 Å². The SMILES string of the molecule is COc1cccc(COc2ccc(C)cc2CCN)c1. The van der Waals surface area contributed by atoms with Gasteiger partial charge in [0.15, 0.2) is 0 Å². The number of rotatable bonds is 6. The second kappa shape index (κ2) is 6.96. The van der Waals surface area contributed by atoms with Gasteiger partial charge in [0.2, 0.25) is 0 Å². The van der Waals surface area contributed by atoms with Crippen LogP contribution >= 0.6 is 0 Å². The van der Waals surface area contributed by atoms with E-state index in [0.717, 1.165) is 29.0 Å². The molecular weight excluding hydrogens is 250 g/mol. The fourth-order valence-electron chi connectivity index (χ4n) is 2.12. The zero-order valence-electron chi connectivity index (χ0n) is 12.1. The molecule has 3 heteroatoms. The van der Waals surface area contributed by atoms with Gasteiger partial charge < -0.3 is 15.2 Å². The Balaban J connectivity index is 2.09. The van der Waals surface area contributed by atoms with Crippen LogP contribution in [0.4, 0.5) is 0 Å². The van der Waals surface area contributed by atoms with E-state index in [9.17, 15) is 0 Å². The van der Waals surface area contributed by atoms with Crippen molar-refractivity contribution in [3.05, 3.63) is 59.2 Å². The van der Waals surface area contributed by atoms with Crippen LogP contribution in [0.15, 0.2) is 42.5 Å². The van der Waals surface area contributed by atoms with Crippen molar-refractivity contribution in [2.24, 2.45) is 5.73 Å². The molecule has 0 bridgehead atoms. The van der Waals surface area contributed by atoms with Gasteiger partial charge in [0.25, 0.3) is 0 Å². The molecule has 0 saturated carbocycles. The molecule has 0 atom stereocenters. The lowest BCUT2D eigenvalue weighted by molar-refractivity contribution is 0.302. The van der Waals surface area contributed by atoms with Crippen molar-refractivity contribution in [3.63, 3.8) is 0 Å². The normalized spacial score (nSPS) is 10.3. The van der Waals surface area contributed by atoms with Gasteiger partial charge in [-0.25, -0.2) is 0 Å².